The van der Waals surface area contributed by atoms with Crippen LogP contribution in [0.5, 0.6) is 5.75 Å². The standard InChI is InChI=1S/C19H24BN4O4/c1-12(2)9-17(20-28)24-18(26)15(10-13-3-5-14(25)6-4-13)23-19(27)16-11-21-7-8-22-16/h3-8,11-12,15,17,25,28H,9-10H2,1-2H3,(H,23,27)(H,24,26). The van der Waals surface area contributed by atoms with Crippen molar-refractivity contribution in [1.29, 1.82) is 0 Å². The van der Waals surface area contributed by atoms with Gasteiger partial charge in [-0.05, 0) is 30.0 Å². The van der Waals surface area contributed by atoms with E-state index in [0.29, 0.717) is 6.42 Å². The Hall–Kier alpha value is -2.94. The maximum Gasteiger partial charge on any atom is 0.311 e. The van der Waals surface area contributed by atoms with Gasteiger partial charge in [-0.1, -0.05) is 26.0 Å². The first-order chi connectivity index (χ1) is 13.4. The van der Waals surface area contributed by atoms with Crippen molar-refractivity contribution < 1.29 is 19.7 Å². The summed E-state index contributed by atoms with van der Waals surface area (Å²) in [6, 6.07) is 5.48. The van der Waals surface area contributed by atoms with E-state index in [1.54, 1.807) is 12.1 Å². The molecule has 2 atom stereocenters. The Balaban J connectivity index is 2.15. The average molecular weight is 383 g/mol. The maximum atomic E-state index is 12.8. The lowest BCUT2D eigenvalue weighted by Gasteiger charge is -2.23. The van der Waals surface area contributed by atoms with Gasteiger partial charge in [-0.2, -0.15) is 0 Å². The number of benzene rings is 1. The molecular weight excluding hydrogens is 359 g/mol. The van der Waals surface area contributed by atoms with Gasteiger partial charge in [0.2, 0.25) is 5.91 Å². The van der Waals surface area contributed by atoms with Crippen LogP contribution in [0, 0.1) is 5.92 Å². The molecule has 2 amide bonds. The SMILES string of the molecule is CC(C)CC([B]O)NC(=O)C(Cc1ccc(O)cc1)NC(=O)c1cnccn1. The molecule has 0 aliphatic carbocycles. The summed E-state index contributed by atoms with van der Waals surface area (Å²) in [5, 5.41) is 24.3. The monoisotopic (exact) mass is 383 g/mol. The molecule has 1 aromatic heterocycles. The highest BCUT2D eigenvalue weighted by atomic mass is 16.3. The molecule has 1 radical (unpaired) electrons. The van der Waals surface area contributed by atoms with Crippen LogP contribution in [0.25, 0.3) is 0 Å². The molecule has 28 heavy (non-hydrogen) atoms. The average Bonchev–Trinajstić information content (AvgIpc) is 2.68. The van der Waals surface area contributed by atoms with Gasteiger partial charge in [0.25, 0.3) is 5.91 Å². The molecule has 2 unspecified atom stereocenters. The summed E-state index contributed by atoms with van der Waals surface area (Å²) in [5.41, 5.74) is 0.851. The van der Waals surface area contributed by atoms with Gasteiger partial charge in [0.05, 0.1) is 6.20 Å². The first-order valence-corrected chi connectivity index (χ1v) is 9.01. The first kappa shape index (κ1) is 21.4. The fraction of sp³-hybridized carbons (Fsp3) is 0.368. The molecule has 8 nitrogen and oxygen atoms in total. The van der Waals surface area contributed by atoms with Crippen LogP contribution >= 0.6 is 0 Å². The van der Waals surface area contributed by atoms with Crippen molar-refractivity contribution in [2.45, 2.75) is 38.7 Å². The minimum absolute atomic E-state index is 0.0958. The normalized spacial score (nSPS) is 12.9. The summed E-state index contributed by atoms with van der Waals surface area (Å²) < 4.78 is 0. The van der Waals surface area contributed by atoms with Gasteiger partial charge in [0.15, 0.2) is 0 Å². The summed E-state index contributed by atoms with van der Waals surface area (Å²) in [4.78, 5) is 33.0. The molecular formula is C19H24BN4O4. The molecule has 0 saturated heterocycles. The van der Waals surface area contributed by atoms with Crippen LogP contribution in [-0.2, 0) is 11.2 Å². The molecule has 2 aromatic rings. The van der Waals surface area contributed by atoms with Gasteiger partial charge in [-0.15, -0.1) is 0 Å². The van der Waals surface area contributed by atoms with Crippen molar-refractivity contribution in [3.05, 3.63) is 54.1 Å². The van der Waals surface area contributed by atoms with Gasteiger partial charge >= 0.3 is 7.48 Å². The Bertz CT molecular complexity index is 771. The minimum atomic E-state index is -0.895. The largest absolute Gasteiger partial charge is 0.508 e. The molecule has 1 aromatic carbocycles. The van der Waals surface area contributed by atoms with Crippen molar-refractivity contribution in [2.75, 3.05) is 0 Å². The first-order valence-electron chi connectivity index (χ1n) is 9.01. The molecule has 2 rings (SSSR count). The van der Waals surface area contributed by atoms with E-state index in [0.717, 1.165) is 13.0 Å². The highest BCUT2D eigenvalue weighted by Gasteiger charge is 2.25. The van der Waals surface area contributed by atoms with Gasteiger partial charge in [-0.3, -0.25) is 14.6 Å². The van der Waals surface area contributed by atoms with Crippen LogP contribution in [0.3, 0.4) is 0 Å². The number of phenolic OH excluding ortho intramolecular Hbond substituents is 1. The van der Waals surface area contributed by atoms with Crippen LogP contribution in [0.15, 0.2) is 42.9 Å². The molecule has 0 aliphatic heterocycles. The quantitative estimate of drug-likeness (QED) is 0.471. The highest BCUT2D eigenvalue weighted by molar-refractivity contribution is 6.28. The Labute approximate surface area is 164 Å². The summed E-state index contributed by atoms with van der Waals surface area (Å²) in [6.07, 6.45) is 4.92. The van der Waals surface area contributed by atoms with E-state index in [1.807, 2.05) is 13.8 Å². The third-order valence-electron chi connectivity index (χ3n) is 4.03. The lowest BCUT2D eigenvalue weighted by atomic mass is 9.82. The zero-order chi connectivity index (χ0) is 20.5. The third kappa shape index (κ3) is 6.66. The van der Waals surface area contributed by atoms with Gasteiger partial charge in [-0.25, -0.2) is 4.98 Å². The second-order valence-corrected chi connectivity index (χ2v) is 6.88. The van der Waals surface area contributed by atoms with E-state index in [-0.39, 0.29) is 23.8 Å². The topological polar surface area (TPSA) is 124 Å². The van der Waals surface area contributed by atoms with Crippen LogP contribution in [-0.4, -0.2) is 51.4 Å². The van der Waals surface area contributed by atoms with E-state index < -0.39 is 23.8 Å². The fourth-order valence-corrected chi connectivity index (χ4v) is 2.67. The van der Waals surface area contributed by atoms with E-state index in [1.165, 1.54) is 30.7 Å². The number of carbonyl (C=O) groups is 2. The number of nitrogens with zero attached hydrogens (tertiary/aromatic N) is 2. The summed E-state index contributed by atoms with van der Waals surface area (Å²) >= 11 is 0. The summed E-state index contributed by atoms with van der Waals surface area (Å²) in [6.45, 7) is 3.96. The molecule has 0 saturated carbocycles. The van der Waals surface area contributed by atoms with Crippen molar-refractivity contribution >= 4 is 19.3 Å². The van der Waals surface area contributed by atoms with E-state index in [9.17, 15) is 19.7 Å². The van der Waals surface area contributed by atoms with Gasteiger partial charge in [0, 0.05) is 24.8 Å². The van der Waals surface area contributed by atoms with Gasteiger partial charge in [0.1, 0.15) is 17.5 Å². The highest BCUT2D eigenvalue weighted by Crippen LogP contribution is 2.12. The molecule has 0 fully saturated rings. The van der Waals surface area contributed by atoms with E-state index >= 15 is 0 Å². The smallest absolute Gasteiger partial charge is 0.311 e. The Morgan fingerprint density at radius 1 is 1.14 bits per heavy atom. The molecule has 0 bridgehead atoms. The van der Waals surface area contributed by atoms with Crippen molar-refractivity contribution in [2.24, 2.45) is 5.92 Å². The second-order valence-electron chi connectivity index (χ2n) is 6.88. The van der Waals surface area contributed by atoms with Crippen molar-refractivity contribution in [1.82, 2.24) is 20.6 Å². The number of hydrogen-bond donors (Lipinski definition) is 4. The predicted octanol–water partition coefficient (Wildman–Crippen LogP) is 0.623. The lowest BCUT2D eigenvalue weighted by Crippen LogP contribution is -2.52. The Morgan fingerprint density at radius 3 is 2.43 bits per heavy atom. The van der Waals surface area contributed by atoms with Crippen LogP contribution < -0.4 is 10.6 Å². The molecule has 4 N–H and O–H groups in total. The number of hydrogen-bond acceptors (Lipinski definition) is 6. The molecule has 0 aliphatic rings. The van der Waals surface area contributed by atoms with E-state index in [2.05, 4.69) is 20.6 Å². The zero-order valence-electron chi connectivity index (χ0n) is 15.9. The summed E-state index contributed by atoms with van der Waals surface area (Å²) in [7, 11) is 0.944. The number of carbonyl (C=O) groups excluding carboxylic acids is 2. The number of nitrogens with one attached hydrogen (secondary N) is 2. The number of aromatic nitrogens is 2. The third-order valence-corrected chi connectivity index (χ3v) is 4.03. The van der Waals surface area contributed by atoms with E-state index in [4.69, 9.17) is 0 Å². The maximum absolute atomic E-state index is 12.8. The zero-order valence-corrected chi connectivity index (χ0v) is 15.9. The van der Waals surface area contributed by atoms with Crippen LogP contribution in [0.1, 0.15) is 36.3 Å². The van der Waals surface area contributed by atoms with Crippen LogP contribution in [0.4, 0.5) is 0 Å². The molecule has 0 spiro atoms. The lowest BCUT2D eigenvalue weighted by molar-refractivity contribution is -0.123. The van der Waals surface area contributed by atoms with Gasteiger partial charge < -0.3 is 20.8 Å². The van der Waals surface area contributed by atoms with Crippen LogP contribution in [0.2, 0.25) is 0 Å². The number of aromatic hydroxyl groups is 1. The fourth-order valence-electron chi connectivity index (χ4n) is 2.67. The van der Waals surface area contributed by atoms with Crippen molar-refractivity contribution in [3.8, 4) is 5.75 Å². The van der Waals surface area contributed by atoms with Crippen molar-refractivity contribution in [3.63, 3.8) is 0 Å². The number of amides is 2. The molecule has 1 heterocycles. The molecule has 9 heteroatoms. The second kappa shape index (κ2) is 10.4. The number of phenols is 1. The predicted molar refractivity (Wildman–Crippen MR) is 104 cm³/mol. The Morgan fingerprint density at radius 2 is 1.86 bits per heavy atom. The minimum Gasteiger partial charge on any atom is -0.508 e. The Kier molecular flexibility index (Phi) is 7.95. The molecule has 147 valence electrons. The number of rotatable bonds is 9. The summed E-state index contributed by atoms with van der Waals surface area (Å²) in [5.74, 6) is -1.11.